The van der Waals surface area contributed by atoms with Gasteiger partial charge >= 0.3 is 0 Å². The van der Waals surface area contributed by atoms with Gasteiger partial charge in [0.2, 0.25) is 0 Å². The van der Waals surface area contributed by atoms with Crippen molar-refractivity contribution in [2.24, 2.45) is 0 Å². The molecule has 3 nitrogen and oxygen atoms in total. The van der Waals surface area contributed by atoms with Crippen molar-refractivity contribution in [3.63, 3.8) is 0 Å². The number of benzene rings is 2. The Kier molecular flexibility index (Phi) is 5.29. The van der Waals surface area contributed by atoms with E-state index >= 15 is 0 Å². The largest absolute Gasteiger partial charge is 0.333 e. The molecular formula is C18H20N2O. The van der Waals surface area contributed by atoms with Gasteiger partial charge in [0.25, 0.3) is 5.91 Å². The zero-order valence-electron chi connectivity index (χ0n) is 12.1. The molecule has 0 radical (unpaired) electrons. The van der Waals surface area contributed by atoms with Gasteiger partial charge in [0.05, 0.1) is 6.17 Å². The van der Waals surface area contributed by atoms with E-state index in [2.05, 4.69) is 36.3 Å². The molecule has 0 fully saturated rings. The molecule has 1 amide bonds. The Morgan fingerprint density at radius 2 is 1.62 bits per heavy atom. The minimum Gasteiger partial charge on any atom is -0.333 e. The van der Waals surface area contributed by atoms with Crippen molar-refractivity contribution in [2.45, 2.75) is 19.1 Å². The maximum absolute atomic E-state index is 12.1. The summed E-state index contributed by atoms with van der Waals surface area (Å²) in [5, 5.41) is 6.25. The molecule has 0 aliphatic carbocycles. The van der Waals surface area contributed by atoms with Crippen LogP contribution in [0.1, 0.15) is 28.9 Å². The van der Waals surface area contributed by atoms with Gasteiger partial charge in [0, 0.05) is 11.6 Å². The van der Waals surface area contributed by atoms with E-state index in [1.165, 1.54) is 5.56 Å². The van der Waals surface area contributed by atoms with Crippen molar-refractivity contribution in [3.05, 3.63) is 84.4 Å². The maximum Gasteiger partial charge on any atom is 0.252 e. The predicted octanol–water partition coefficient (Wildman–Crippen LogP) is 3.28. The zero-order valence-corrected chi connectivity index (χ0v) is 12.1. The summed E-state index contributed by atoms with van der Waals surface area (Å²) < 4.78 is 0. The Hall–Kier alpha value is -2.39. The fourth-order valence-electron chi connectivity index (χ4n) is 2.09. The Bertz CT molecular complexity index is 581. The normalized spacial score (nSPS) is 13.2. The molecule has 0 spiro atoms. The Morgan fingerprint density at radius 3 is 2.19 bits per heavy atom. The number of hydrogen-bond donors (Lipinski definition) is 2. The molecule has 2 aromatic rings. The number of hydrogen-bond acceptors (Lipinski definition) is 2. The van der Waals surface area contributed by atoms with Crippen LogP contribution in [0.15, 0.2) is 73.3 Å². The van der Waals surface area contributed by atoms with Crippen LogP contribution in [0.2, 0.25) is 0 Å². The van der Waals surface area contributed by atoms with E-state index in [-0.39, 0.29) is 18.1 Å². The fourth-order valence-corrected chi connectivity index (χ4v) is 2.09. The molecule has 0 aliphatic rings. The van der Waals surface area contributed by atoms with Crippen LogP contribution in [0, 0.1) is 0 Å². The second-order valence-electron chi connectivity index (χ2n) is 4.85. The highest BCUT2D eigenvalue weighted by Gasteiger charge is 2.13. The molecule has 3 heteroatoms. The van der Waals surface area contributed by atoms with Crippen LogP contribution >= 0.6 is 0 Å². The highest BCUT2D eigenvalue weighted by atomic mass is 16.1. The van der Waals surface area contributed by atoms with Crippen LogP contribution in [0.5, 0.6) is 0 Å². The molecule has 0 saturated carbocycles. The van der Waals surface area contributed by atoms with Gasteiger partial charge in [-0.25, -0.2) is 0 Å². The first kappa shape index (κ1) is 15.0. The molecule has 21 heavy (non-hydrogen) atoms. The number of carbonyl (C=O) groups excluding carboxylic acids is 1. The molecule has 0 aliphatic heterocycles. The SMILES string of the molecule is C=CC(NC(=O)c1ccccc1)NC(C)c1ccccc1. The highest BCUT2D eigenvalue weighted by molar-refractivity contribution is 5.94. The Morgan fingerprint density at radius 1 is 1.05 bits per heavy atom. The molecule has 108 valence electrons. The lowest BCUT2D eigenvalue weighted by Crippen LogP contribution is -2.44. The molecular weight excluding hydrogens is 260 g/mol. The van der Waals surface area contributed by atoms with Gasteiger partial charge in [-0.05, 0) is 24.6 Å². The van der Waals surface area contributed by atoms with E-state index in [1.54, 1.807) is 18.2 Å². The summed E-state index contributed by atoms with van der Waals surface area (Å²) >= 11 is 0. The van der Waals surface area contributed by atoms with Crippen LogP contribution < -0.4 is 10.6 Å². The molecule has 2 N–H and O–H groups in total. The van der Waals surface area contributed by atoms with Crippen molar-refractivity contribution in [3.8, 4) is 0 Å². The number of amides is 1. The van der Waals surface area contributed by atoms with Crippen molar-refractivity contribution in [1.82, 2.24) is 10.6 Å². The van der Waals surface area contributed by atoms with Crippen molar-refractivity contribution >= 4 is 5.91 Å². The summed E-state index contributed by atoms with van der Waals surface area (Å²) in [7, 11) is 0. The van der Waals surface area contributed by atoms with Crippen molar-refractivity contribution < 1.29 is 4.79 Å². The lowest BCUT2D eigenvalue weighted by Gasteiger charge is -2.22. The molecule has 0 saturated heterocycles. The van der Waals surface area contributed by atoms with E-state index < -0.39 is 0 Å². The fraction of sp³-hybridized carbons (Fsp3) is 0.167. The van der Waals surface area contributed by atoms with E-state index in [0.29, 0.717) is 5.56 Å². The molecule has 0 bridgehead atoms. The van der Waals surface area contributed by atoms with Gasteiger partial charge < -0.3 is 5.32 Å². The first-order valence-electron chi connectivity index (χ1n) is 7.00. The first-order valence-corrected chi connectivity index (χ1v) is 7.00. The van der Waals surface area contributed by atoms with E-state index in [0.717, 1.165) is 0 Å². The van der Waals surface area contributed by atoms with Gasteiger partial charge in [-0.2, -0.15) is 0 Å². The van der Waals surface area contributed by atoms with Gasteiger partial charge in [-0.1, -0.05) is 61.2 Å². The van der Waals surface area contributed by atoms with Crippen LogP contribution in [0.3, 0.4) is 0 Å². The average Bonchev–Trinajstić information content (AvgIpc) is 2.55. The monoisotopic (exact) mass is 280 g/mol. The van der Waals surface area contributed by atoms with Gasteiger partial charge in [0.1, 0.15) is 0 Å². The Labute approximate surface area is 125 Å². The summed E-state index contributed by atoms with van der Waals surface area (Å²) in [4.78, 5) is 12.1. The second-order valence-corrected chi connectivity index (χ2v) is 4.85. The third-order valence-electron chi connectivity index (χ3n) is 3.29. The molecule has 2 atom stereocenters. The topological polar surface area (TPSA) is 41.1 Å². The first-order chi connectivity index (χ1) is 10.2. The predicted molar refractivity (Wildman–Crippen MR) is 85.9 cm³/mol. The standard InChI is InChI=1S/C18H20N2O/c1-3-17(19-14(2)15-10-6-4-7-11-15)20-18(21)16-12-8-5-9-13-16/h3-14,17,19H,1H2,2H3,(H,20,21). The molecule has 2 unspecified atom stereocenters. The molecule has 2 rings (SSSR count). The quantitative estimate of drug-likeness (QED) is 0.630. The third-order valence-corrected chi connectivity index (χ3v) is 3.29. The summed E-state index contributed by atoms with van der Waals surface area (Å²) in [6.45, 7) is 5.83. The Balaban J connectivity index is 1.97. The minimum absolute atomic E-state index is 0.116. The number of nitrogens with one attached hydrogen (secondary N) is 2. The second kappa shape index (κ2) is 7.41. The lowest BCUT2D eigenvalue weighted by molar-refractivity contribution is 0.0937. The summed E-state index contributed by atoms with van der Waals surface area (Å²) in [5.74, 6) is -0.117. The van der Waals surface area contributed by atoms with Crippen LogP contribution in [-0.4, -0.2) is 12.1 Å². The van der Waals surface area contributed by atoms with E-state index in [9.17, 15) is 4.79 Å². The van der Waals surface area contributed by atoms with Crippen molar-refractivity contribution in [1.29, 1.82) is 0 Å². The zero-order chi connectivity index (χ0) is 15.1. The number of rotatable bonds is 6. The smallest absolute Gasteiger partial charge is 0.252 e. The number of carbonyl (C=O) groups is 1. The van der Waals surface area contributed by atoms with Gasteiger partial charge in [-0.15, -0.1) is 0 Å². The van der Waals surface area contributed by atoms with Crippen LogP contribution in [-0.2, 0) is 0 Å². The summed E-state index contributed by atoms with van der Waals surface area (Å²) in [5.41, 5.74) is 1.80. The minimum atomic E-state index is -0.284. The molecule has 0 aromatic heterocycles. The van der Waals surface area contributed by atoms with Crippen molar-refractivity contribution in [2.75, 3.05) is 0 Å². The van der Waals surface area contributed by atoms with Crippen LogP contribution in [0.25, 0.3) is 0 Å². The van der Waals surface area contributed by atoms with E-state index in [1.807, 2.05) is 36.4 Å². The molecule has 0 heterocycles. The van der Waals surface area contributed by atoms with E-state index in [4.69, 9.17) is 0 Å². The summed E-state index contributed by atoms with van der Waals surface area (Å²) in [6, 6.07) is 19.4. The lowest BCUT2D eigenvalue weighted by atomic mass is 10.1. The third kappa shape index (κ3) is 4.29. The molecule has 2 aromatic carbocycles. The van der Waals surface area contributed by atoms with Gasteiger partial charge in [-0.3, -0.25) is 10.1 Å². The van der Waals surface area contributed by atoms with Gasteiger partial charge in [0.15, 0.2) is 0 Å². The average molecular weight is 280 g/mol. The summed E-state index contributed by atoms with van der Waals surface area (Å²) in [6.07, 6.45) is 1.41. The maximum atomic E-state index is 12.1. The van der Waals surface area contributed by atoms with Crippen LogP contribution in [0.4, 0.5) is 0 Å². The highest BCUT2D eigenvalue weighted by Crippen LogP contribution is 2.11.